The lowest BCUT2D eigenvalue weighted by Crippen LogP contribution is -2.26. The minimum atomic E-state index is -0.194. The molecular formula is C17H18N2OS. The van der Waals surface area contributed by atoms with Crippen molar-refractivity contribution in [1.29, 1.82) is 0 Å². The molecular weight excluding hydrogens is 280 g/mol. The van der Waals surface area contributed by atoms with Crippen LogP contribution in [0.2, 0.25) is 0 Å². The Morgan fingerprint density at radius 1 is 1.14 bits per heavy atom. The van der Waals surface area contributed by atoms with Crippen LogP contribution < -0.4 is 5.43 Å². The number of benzene rings is 2. The zero-order valence-electron chi connectivity index (χ0n) is 12.1. The molecule has 1 N–H and O–H groups in total. The first-order valence-corrected chi connectivity index (χ1v) is 7.64. The molecule has 2 rings (SSSR count). The molecule has 0 aromatic heterocycles. The minimum absolute atomic E-state index is 0.104. The number of hydrogen-bond acceptors (Lipinski definition) is 3. The standard InChI is InChI=1S/C17H18N2OS/c1-13-8-10-16(11-9-13)21-14(2)17(20)19-18-12-15-6-4-3-5-7-15/h3-12,14H,1-2H3,(H,19,20)/b18-12-/t14-/m1/s1. The van der Waals surface area contributed by atoms with Crippen LogP contribution in [0.15, 0.2) is 64.6 Å². The summed E-state index contributed by atoms with van der Waals surface area (Å²) in [7, 11) is 0. The molecule has 2 aromatic rings. The summed E-state index contributed by atoms with van der Waals surface area (Å²) >= 11 is 1.52. The van der Waals surface area contributed by atoms with Gasteiger partial charge >= 0.3 is 0 Å². The molecule has 0 unspecified atom stereocenters. The SMILES string of the molecule is Cc1ccc(S[C@H](C)C(=O)N/N=C\c2ccccc2)cc1. The maximum Gasteiger partial charge on any atom is 0.253 e. The summed E-state index contributed by atoms with van der Waals surface area (Å²) in [5, 5.41) is 3.79. The number of nitrogens with one attached hydrogen (secondary N) is 1. The van der Waals surface area contributed by atoms with E-state index in [0.29, 0.717) is 0 Å². The highest BCUT2D eigenvalue weighted by Gasteiger charge is 2.13. The minimum Gasteiger partial charge on any atom is -0.272 e. The van der Waals surface area contributed by atoms with E-state index in [-0.39, 0.29) is 11.2 Å². The van der Waals surface area contributed by atoms with Crippen molar-refractivity contribution in [2.24, 2.45) is 5.10 Å². The third-order valence-electron chi connectivity index (χ3n) is 2.89. The molecule has 0 saturated heterocycles. The fourth-order valence-electron chi connectivity index (χ4n) is 1.67. The van der Waals surface area contributed by atoms with Crippen LogP contribution in [0, 0.1) is 6.92 Å². The molecule has 0 radical (unpaired) electrons. The Morgan fingerprint density at radius 2 is 1.81 bits per heavy atom. The van der Waals surface area contributed by atoms with Crippen molar-refractivity contribution >= 4 is 23.9 Å². The number of nitrogens with zero attached hydrogens (tertiary/aromatic N) is 1. The van der Waals surface area contributed by atoms with Crippen molar-refractivity contribution < 1.29 is 4.79 Å². The van der Waals surface area contributed by atoms with Crippen LogP contribution in [0.3, 0.4) is 0 Å². The van der Waals surface area contributed by atoms with Crippen LogP contribution in [0.25, 0.3) is 0 Å². The van der Waals surface area contributed by atoms with Gasteiger partial charge in [0.2, 0.25) is 0 Å². The van der Waals surface area contributed by atoms with Gasteiger partial charge in [-0.15, -0.1) is 11.8 Å². The van der Waals surface area contributed by atoms with Gasteiger partial charge in [-0.1, -0.05) is 48.0 Å². The van der Waals surface area contributed by atoms with E-state index in [1.807, 2.05) is 68.4 Å². The van der Waals surface area contributed by atoms with Crippen molar-refractivity contribution in [3.8, 4) is 0 Å². The lowest BCUT2D eigenvalue weighted by molar-refractivity contribution is -0.120. The summed E-state index contributed by atoms with van der Waals surface area (Å²) in [5.74, 6) is -0.104. The fraction of sp³-hybridized carbons (Fsp3) is 0.176. The summed E-state index contributed by atoms with van der Waals surface area (Å²) in [4.78, 5) is 13.0. The number of amides is 1. The third-order valence-corrected chi connectivity index (χ3v) is 4.00. The molecule has 1 atom stereocenters. The molecule has 4 heteroatoms. The Hall–Kier alpha value is -2.07. The molecule has 21 heavy (non-hydrogen) atoms. The number of hydrazone groups is 1. The third kappa shape index (κ3) is 5.08. The van der Waals surface area contributed by atoms with E-state index in [1.54, 1.807) is 6.21 Å². The van der Waals surface area contributed by atoms with E-state index in [0.717, 1.165) is 10.5 Å². The predicted molar refractivity (Wildman–Crippen MR) is 88.7 cm³/mol. The highest BCUT2D eigenvalue weighted by atomic mass is 32.2. The molecule has 0 aliphatic heterocycles. The van der Waals surface area contributed by atoms with E-state index >= 15 is 0 Å². The molecule has 0 fully saturated rings. The molecule has 108 valence electrons. The number of aryl methyl sites for hydroxylation is 1. The maximum absolute atomic E-state index is 12.0. The van der Waals surface area contributed by atoms with E-state index in [4.69, 9.17) is 0 Å². The first-order chi connectivity index (χ1) is 10.1. The van der Waals surface area contributed by atoms with E-state index in [2.05, 4.69) is 10.5 Å². The summed E-state index contributed by atoms with van der Waals surface area (Å²) < 4.78 is 0. The molecule has 1 amide bonds. The van der Waals surface area contributed by atoms with Gasteiger partial charge in [0, 0.05) is 4.90 Å². The molecule has 0 spiro atoms. The average molecular weight is 298 g/mol. The summed E-state index contributed by atoms with van der Waals surface area (Å²) in [6.07, 6.45) is 1.64. The highest BCUT2D eigenvalue weighted by Crippen LogP contribution is 2.23. The Morgan fingerprint density at radius 3 is 2.48 bits per heavy atom. The second kappa shape index (κ2) is 7.64. The second-order valence-corrected chi connectivity index (χ2v) is 6.13. The van der Waals surface area contributed by atoms with Crippen LogP contribution in [0.5, 0.6) is 0 Å². The number of rotatable bonds is 5. The van der Waals surface area contributed by atoms with Crippen molar-refractivity contribution in [3.05, 3.63) is 65.7 Å². The van der Waals surface area contributed by atoms with Crippen LogP contribution >= 0.6 is 11.8 Å². The van der Waals surface area contributed by atoms with E-state index in [9.17, 15) is 4.79 Å². The molecule has 3 nitrogen and oxygen atoms in total. The van der Waals surface area contributed by atoms with Crippen molar-refractivity contribution in [3.63, 3.8) is 0 Å². The van der Waals surface area contributed by atoms with Gasteiger partial charge in [-0.2, -0.15) is 5.10 Å². The quantitative estimate of drug-likeness (QED) is 0.520. The highest BCUT2D eigenvalue weighted by molar-refractivity contribution is 8.00. The van der Waals surface area contributed by atoms with Gasteiger partial charge in [0.25, 0.3) is 5.91 Å². The van der Waals surface area contributed by atoms with Crippen molar-refractivity contribution in [1.82, 2.24) is 5.43 Å². The van der Waals surface area contributed by atoms with Gasteiger partial charge in [-0.05, 0) is 31.5 Å². The molecule has 0 aliphatic rings. The second-order valence-electron chi connectivity index (χ2n) is 4.72. The number of carbonyl (C=O) groups excluding carboxylic acids is 1. The average Bonchev–Trinajstić information content (AvgIpc) is 2.50. The number of hydrogen-bond donors (Lipinski definition) is 1. The lowest BCUT2D eigenvalue weighted by atomic mass is 10.2. The van der Waals surface area contributed by atoms with Gasteiger partial charge in [-0.3, -0.25) is 4.79 Å². The number of thioether (sulfide) groups is 1. The molecule has 0 bridgehead atoms. The topological polar surface area (TPSA) is 41.5 Å². The predicted octanol–water partition coefficient (Wildman–Crippen LogP) is 3.63. The molecule has 0 heterocycles. The Kier molecular flexibility index (Phi) is 5.58. The maximum atomic E-state index is 12.0. The monoisotopic (exact) mass is 298 g/mol. The Labute approximate surface area is 129 Å². The molecule has 2 aromatic carbocycles. The zero-order chi connectivity index (χ0) is 15.1. The van der Waals surface area contributed by atoms with Gasteiger partial charge < -0.3 is 0 Å². The summed E-state index contributed by atoms with van der Waals surface area (Å²) in [6, 6.07) is 17.8. The van der Waals surface area contributed by atoms with Crippen molar-refractivity contribution in [2.75, 3.05) is 0 Å². The smallest absolute Gasteiger partial charge is 0.253 e. The van der Waals surface area contributed by atoms with E-state index in [1.165, 1.54) is 17.3 Å². The van der Waals surface area contributed by atoms with Gasteiger partial charge in [-0.25, -0.2) is 5.43 Å². The van der Waals surface area contributed by atoms with Crippen LogP contribution in [-0.2, 0) is 4.79 Å². The summed E-state index contributed by atoms with van der Waals surface area (Å²) in [6.45, 7) is 3.92. The van der Waals surface area contributed by atoms with Crippen LogP contribution in [-0.4, -0.2) is 17.4 Å². The van der Waals surface area contributed by atoms with Crippen LogP contribution in [0.1, 0.15) is 18.1 Å². The zero-order valence-corrected chi connectivity index (χ0v) is 12.9. The lowest BCUT2D eigenvalue weighted by Gasteiger charge is -2.09. The van der Waals surface area contributed by atoms with E-state index < -0.39 is 0 Å². The fourth-order valence-corrected chi connectivity index (χ4v) is 2.54. The van der Waals surface area contributed by atoms with Crippen molar-refractivity contribution in [2.45, 2.75) is 24.0 Å². The van der Waals surface area contributed by atoms with Crippen LogP contribution in [0.4, 0.5) is 0 Å². The Bertz CT molecular complexity index is 608. The molecule has 0 saturated carbocycles. The Balaban J connectivity index is 1.85. The van der Waals surface area contributed by atoms with Gasteiger partial charge in [0.15, 0.2) is 0 Å². The number of carbonyl (C=O) groups is 1. The molecule has 0 aliphatic carbocycles. The van der Waals surface area contributed by atoms with Gasteiger partial charge in [0.1, 0.15) is 0 Å². The first kappa shape index (κ1) is 15.3. The van der Waals surface area contributed by atoms with Gasteiger partial charge in [0.05, 0.1) is 11.5 Å². The summed E-state index contributed by atoms with van der Waals surface area (Å²) in [5.41, 5.74) is 4.74. The largest absolute Gasteiger partial charge is 0.272 e. The first-order valence-electron chi connectivity index (χ1n) is 6.76. The normalized spacial score (nSPS) is 12.3.